The average molecular weight is 400 g/mol. The molecular formula is C23H34FN5. The number of anilines is 1. The molecule has 0 amide bonds. The second-order valence-electron chi connectivity index (χ2n) is 8.53. The largest absolute Gasteiger partial charge is 0.369 e. The number of aryl methyl sites for hydroxylation is 2. The Morgan fingerprint density at radius 2 is 1.83 bits per heavy atom. The van der Waals surface area contributed by atoms with E-state index in [2.05, 4.69) is 44.5 Å². The summed E-state index contributed by atoms with van der Waals surface area (Å²) < 4.78 is 15.3. The normalized spacial score (nSPS) is 21.6. The monoisotopic (exact) mass is 399 g/mol. The van der Waals surface area contributed by atoms with Gasteiger partial charge < -0.3 is 4.90 Å². The zero-order valence-corrected chi connectivity index (χ0v) is 17.9. The van der Waals surface area contributed by atoms with Crippen LogP contribution in [0.3, 0.4) is 0 Å². The van der Waals surface area contributed by atoms with Gasteiger partial charge in [0.05, 0.1) is 5.69 Å². The van der Waals surface area contributed by atoms with Gasteiger partial charge in [0.25, 0.3) is 0 Å². The number of rotatable bonds is 6. The fourth-order valence-electron chi connectivity index (χ4n) is 4.77. The van der Waals surface area contributed by atoms with Crippen LogP contribution in [-0.2, 0) is 13.1 Å². The van der Waals surface area contributed by atoms with Crippen LogP contribution >= 0.6 is 0 Å². The Labute approximate surface area is 174 Å². The summed E-state index contributed by atoms with van der Waals surface area (Å²) in [7, 11) is 0. The zero-order chi connectivity index (χ0) is 20.2. The molecule has 2 aliphatic rings. The molecule has 0 unspecified atom stereocenters. The number of hydrogen-bond acceptors (Lipinski definition) is 4. The molecule has 5 nitrogen and oxygen atoms in total. The lowest BCUT2D eigenvalue weighted by atomic mass is 10.0. The Kier molecular flexibility index (Phi) is 6.50. The maximum atomic E-state index is 13.2. The molecular weight excluding hydrogens is 365 g/mol. The van der Waals surface area contributed by atoms with Gasteiger partial charge in [0.15, 0.2) is 0 Å². The molecule has 2 fully saturated rings. The summed E-state index contributed by atoms with van der Waals surface area (Å²) in [6.07, 6.45) is 5.92. The SMILES string of the molecule is CCCn1cc(CN2CCC[C@@H](N3CCN(c4ccc(F)cc4)CC3)C2)c(C)n1. The lowest BCUT2D eigenvalue weighted by Gasteiger charge is -2.44. The van der Waals surface area contributed by atoms with Crippen molar-refractivity contribution in [2.24, 2.45) is 0 Å². The molecule has 2 saturated heterocycles. The van der Waals surface area contributed by atoms with Crippen LogP contribution in [-0.4, -0.2) is 64.9 Å². The van der Waals surface area contributed by atoms with Gasteiger partial charge in [0.2, 0.25) is 0 Å². The van der Waals surface area contributed by atoms with Crippen LogP contribution in [0.15, 0.2) is 30.5 Å². The first-order chi connectivity index (χ1) is 14.1. The summed E-state index contributed by atoms with van der Waals surface area (Å²) >= 11 is 0. The summed E-state index contributed by atoms with van der Waals surface area (Å²) in [5.41, 5.74) is 3.68. The molecule has 0 aliphatic carbocycles. The lowest BCUT2D eigenvalue weighted by Crippen LogP contribution is -2.55. The third kappa shape index (κ3) is 4.98. The molecule has 0 radical (unpaired) electrons. The molecule has 6 heteroatoms. The highest BCUT2D eigenvalue weighted by molar-refractivity contribution is 5.46. The van der Waals surface area contributed by atoms with Crippen LogP contribution in [0.2, 0.25) is 0 Å². The minimum atomic E-state index is -0.162. The number of piperidine rings is 1. The molecule has 1 aromatic carbocycles. The standard InChI is InChI=1S/C23H34FN5/c1-3-10-29-17-20(19(2)25-29)16-26-11-4-5-23(18-26)28-14-12-27(13-15-28)22-8-6-21(24)7-9-22/h6-9,17,23H,3-5,10-16,18H2,1-2H3/t23-/m1/s1. The van der Waals surface area contributed by atoms with E-state index in [0.29, 0.717) is 6.04 Å². The van der Waals surface area contributed by atoms with E-state index in [-0.39, 0.29) is 5.82 Å². The van der Waals surface area contributed by atoms with E-state index in [9.17, 15) is 4.39 Å². The van der Waals surface area contributed by atoms with E-state index in [1.54, 1.807) is 12.1 Å². The Morgan fingerprint density at radius 1 is 1.07 bits per heavy atom. The smallest absolute Gasteiger partial charge is 0.123 e. The van der Waals surface area contributed by atoms with E-state index in [1.807, 2.05) is 12.1 Å². The summed E-state index contributed by atoms with van der Waals surface area (Å²) in [6.45, 7) is 12.9. The molecule has 3 heterocycles. The van der Waals surface area contributed by atoms with E-state index < -0.39 is 0 Å². The molecule has 1 aromatic heterocycles. The number of hydrogen-bond donors (Lipinski definition) is 0. The van der Waals surface area contributed by atoms with Gasteiger partial charge in [-0.05, 0) is 57.0 Å². The average Bonchev–Trinajstić information content (AvgIpc) is 3.08. The first-order valence-corrected chi connectivity index (χ1v) is 11.1. The second kappa shape index (κ2) is 9.26. The Balaban J connectivity index is 1.30. The Bertz CT molecular complexity index is 779. The fraction of sp³-hybridized carbons (Fsp3) is 0.609. The van der Waals surface area contributed by atoms with E-state index >= 15 is 0 Å². The van der Waals surface area contributed by atoms with Crippen molar-refractivity contribution < 1.29 is 4.39 Å². The number of benzene rings is 1. The number of piperazine rings is 1. The van der Waals surface area contributed by atoms with Crippen molar-refractivity contribution in [3.8, 4) is 0 Å². The van der Waals surface area contributed by atoms with Crippen molar-refractivity contribution >= 4 is 5.69 Å². The highest BCUT2D eigenvalue weighted by Gasteiger charge is 2.28. The van der Waals surface area contributed by atoms with Gasteiger partial charge in [-0.15, -0.1) is 0 Å². The van der Waals surface area contributed by atoms with Crippen LogP contribution in [0.4, 0.5) is 10.1 Å². The van der Waals surface area contributed by atoms with Gasteiger partial charge in [-0.2, -0.15) is 5.10 Å². The van der Waals surface area contributed by atoms with Crippen molar-refractivity contribution in [3.05, 3.63) is 47.5 Å². The van der Waals surface area contributed by atoms with Crippen LogP contribution < -0.4 is 4.90 Å². The number of nitrogens with zero attached hydrogens (tertiary/aromatic N) is 5. The van der Waals surface area contributed by atoms with Gasteiger partial charge in [-0.1, -0.05) is 6.92 Å². The maximum Gasteiger partial charge on any atom is 0.123 e. The fourth-order valence-corrected chi connectivity index (χ4v) is 4.77. The third-order valence-corrected chi connectivity index (χ3v) is 6.40. The molecule has 2 aliphatic heterocycles. The quantitative estimate of drug-likeness (QED) is 0.743. The van der Waals surface area contributed by atoms with Gasteiger partial charge in [-0.25, -0.2) is 4.39 Å². The minimum absolute atomic E-state index is 0.162. The Morgan fingerprint density at radius 3 is 2.55 bits per heavy atom. The molecule has 0 bridgehead atoms. The minimum Gasteiger partial charge on any atom is -0.369 e. The van der Waals surface area contributed by atoms with Crippen LogP contribution in [0.5, 0.6) is 0 Å². The van der Waals surface area contributed by atoms with Crippen molar-refractivity contribution in [1.29, 1.82) is 0 Å². The third-order valence-electron chi connectivity index (χ3n) is 6.40. The summed E-state index contributed by atoms with van der Waals surface area (Å²) in [5.74, 6) is -0.162. The van der Waals surface area contributed by atoms with Crippen LogP contribution in [0.25, 0.3) is 0 Å². The maximum absolute atomic E-state index is 13.2. The second-order valence-corrected chi connectivity index (χ2v) is 8.53. The predicted molar refractivity (Wildman–Crippen MR) is 116 cm³/mol. The number of aromatic nitrogens is 2. The first-order valence-electron chi connectivity index (χ1n) is 11.1. The highest BCUT2D eigenvalue weighted by Crippen LogP contribution is 2.22. The van der Waals surface area contributed by atoms with Crippen LogP contribution in [0.1, 0.15) is 37.4 Å². The van der Waals surface area contributed by atoms with E-state index in [1.165, 1.54) is 30.6 Å². The molecule has 0 N–H and O–H groups in total. The van der Waals surface area contributed by atoms with Crippen molar-refractivity contribution in [2.45, 2.75) is 52.2 Å². The summed E-state index contributed by atoms with van der Waals surface area (Å²) in [4.78, 5) is 7.66. The predicted octanol–water partition coefficient (Wildman–Crippen LogP) is 3.53. The highest BCUT2D eigenvalue weighted by atomic mass is 19.1. The molecule has 158 valence electrons. The van der Waals surface area contributed by atoms with Gasteiger partial charge in [-0.3, -0.25) is 14.5 Å². The van der Waals surface area contributed by atoms with Gasteiger partial charge >= 0.3 is 0 Å². The van der Waals surface area contributed by atoms with Gasteiger partial charge in [0, 0.05) is 69.3 Å². The molecule has 0 saturated carbocycles. The van der Waals surface area contributed by atoms with Crippen LogP contribution in [0, 0.1) is 12.7 Å². The number of halogens is 1. The molecule has 1 atom stereocenters. The van der Waals surface area contributed by atoms with E-state index in [4.69, 9.17) is 0 Å². The van der Waals surface area contributed by atoms with Crippen molar-refractivity contribution in [3.63, 3.8) is 0 Å². The molecule has 4 rings (SSSR count). The number of likely N-dealkylation sites (tertiary alicyclic amines) is 1. The lowest BCUT2D eigenvalue weighted by molar-refractivity contribution is 0.0886. The summed E-state index contributed by atoms with van der Waals surface area (Å²) in [6, 6.07) is 7.56. The van der Waals surface area contributed by atoms with Crippen molar-refractivity contribution in [1.82, 2.24) is 19.6 Å². The Hall–Kier alpha value is -1.92. The zero-order valence-electron chi connectivity index (χ0n) is 17.9. The van der Waals surface area contributed by atoms with Gasteiger partial charge in [0.1, 0.15) is 5.82 Å². The topological polar surface area (TPSA) is 27.5 Å². The first kappa shape index (κ1) is 20.4. The molecule has 2 aromatic rings. The molecule has 0 spiro atoms. The van der Waals surface area contributed by atoms with Crippen molar-refractivity contribution in [2.75, 3.05) is 44.2 Å². The van der Waals surface area contributed by atoms with E-state index in [0.717, 1.165) is 57.9 Å². The molecule has 29 heavy (non-hydrogen) atoms. The summed E-state index contributed by atoms with van der Waals surface area (Å²) in [5, 5.41) is 4.67.